The van der Waals surface area contributed by atoms with Crippen molar-refractivity contribution in [2.24, 2.45) is 5.10 Å². The van der Waals surface area contributed by atoms with E-state index in [0.29, 0.717) is 13.0 Å². The molecule has 1 fully saturated rings. The molecule has 7 heteroatoms. The van der Waals surface area contributed by atoms with Gasteiger partial charge in [-0.2, -0.15) is 5.10 Å². The van der Waals surface area contributed by atoms with Crippen molar-refractivity contribution in [2.75, 3.05) is 6.61 Å². The molecule has 1 saturated heterocycles. The summed E-state index contributed by atoms with van der Waals surface area (Å²) < 4.78 is 6.64. The molecule has 2 atom stereocenters. The molecule has 0 radical (unpaired) electrons. The van der Waals surface area contributed by atoms with Crippen molar-refractivity contribution in [3.63, 3.8) is 0 Å². The molecule has 0 saturated carbocycles. The van der Waals surface area contributed by atoms with Crippen molar-refractivity contribution in [1.29, 1.82) is 0 Å². The molecule has 0 aliphatic carbocycles. The van der Waals surface area contributed by atoms with Gasteiger partial charge in [-0.15, -0.1) is 0 Å². The van der Waals surface area contributed by atoms with Crippen molar-refractivity contribution in [3.05, 3.63) is 64.1 Å². The molecule has 1 amide bonds. The summed E-state index contributed by atoms with van der Waals surface area (Å²) in [6.07, 6.45) is 2.23. The van der Waals surface area contributed by atoms with Crippen LogP contribution in [-0.4, -0.2) is 24.8 Å². The number of hydrogen-bond donors (Lipinski definition) is 3. The van der Waals surface area contributed by atoms with Gasteiger partial charge in [0.05, 0.1) is 18.9 Å². The number of benzene rings is 2. The summed E-state index contributed by atoms with van der Waals surface area (Å²) in [6, 6.07) is 15.2. The predicted octanol–water partition coefficient (Wildman–Crippen LogP) is 2.91. The lowest BCUT2D eigenvalue weighted by molar-refractivity contribution is -0.122. The number of hydrazine groups is 1. The van der Waals surface area contributed by atoms with Gasteiger partial charge in [-0.05, 0) is 37.1 Å². The first-order chi connectivity index (χ1) is 12.7. The molecule has 2 aromatic carbocycles. The second-order valence-electron chi connectivity index (χ2n) is 5.89. The van der Waals surface area contributed by atoms with E-state index >= 15 is 0 Å². The lowest BCUT2D eigenvalue weighted by atomic mass is 10.0. The molecule has 136 valence electrons. The summed E-state index contributed by atoms with van der Waals surface area (Å²) in [4.78, 5) is 12.3. The lowest BCUT2D eigenvalue weighted by Crippen LogP contribution is -2.41. The van der Waals surface area contributed by atoms with Gasteiger partial charge in [0, 0.05) is 10.0 Å². The number of carbonyl (C=O) groups is 1. The van der Waals surface area contributed by atoms with Crippen LogP contribution in [0.1, 0.15) is 30.5 Å². The molecule has 0 spiro atoms. The third kappa shape index (κ3) is 4.69. The van der Waals surface area contributed by atoms with E-state index in [1.165, 1.54) is 0 Å². The number of amides is 1. The van der Waals surface area contributed by atoms with Gasteiger partial charge in [0.1, 0.15) is 11.8 Å². The van der Waals surface area contributed by atoms with Crippen LogP contribution in [0, 0.1) is 0 Å². The zero-order chi connectivity index (χ0) is 18.4. The third-order valence-corrected chi connectivity index (χ3v) is 4.54. The van der Waals surface area contributed by atoms with E-state index < -0.39 is 0 Å². The molecule has 6 nitrogen and oxygen atoms in total. The normalized spacial score (nSPS) is 19.6. The fourth-order valence-corrected chi connectivity index (χ4v) is 3.24. The predicted molar refractivity (Wildman–Crippen MR) is 105 cm³/mol. The molecule has 2 aromatic rings. The first kappa shape index (κ1) is 18.6. The lowest BCUT2D eigenvalue weighted by Gasteiger charge is -2.15. The molecule has 2 unspecified atom stereocenters. The molecule has 1 aliphatic rings. The van der Waals surface area contributed by atoms with Crippen LogP contribution < -0.4 is 21.0 Å². The molecule has 3 N–H and O–H groups in total. The molecular formula is C19H21BrN4O2. The van der Waals surface area contributed by atoms with Gasteiger partial charge < -0.3 is 4.74 Å². The average Bonchev–Trinajstić information content (AvgIpc) is 3.12. The van der Waals surface area contributed by atoms with Gasteiger partial charge in [-0.3, -0.25) is 4.79 Å². The minimum atomic E-state index is -0.366. The van der Waals surface area contributed by atoms with Crippen molar-refractivity contribution in [3.8, 4) is 5.75 Å². The number of nitrogens with one attached hydrogen (secondary N) is 3. The summed E-state index contributed by atoms with van der Waals surface area (Å²) in [6.45, 7) is 2.56. The van der Waals surface area contributed by atoms with Crippen molar-refractivity contribution >= 4 is 28.1 Å². The Balaban J connectivity index is 1.57. The van der Waals surface area contributed by atoms with E-state index in [1.807, 2.05) is 55.5 Å². The van der Waals surface area contributed by atoms with Gasteiger partial charge in [0.2, 0.25) is 0 Å². The van der Waals surface area contributed by atoms with Crippen LogP contribution in [-0.2, 0) is 4.79 Å². The summed E-state index contributed by atoms with van der Waals surface area (Å²) in [5, 5.41) is 4.03. The number of hydrogen-bond acceptors (Lipinski definition) is 5. The Morgan fingerprint density at radius 3 is 2.96 bits per heavy atom. The van der Waals surface area contributed by atoms with Gasteiger partial charge in [0.15, 0.2) is 0 Å². The van der Waals surface area contributed by atoms with Crippen LogP contribution >= 0.6 is 15.9 Å². The van der Waals surface area contributed by atoms with E-state index in [4.69, 9.17) is 4.74 Å². The highest BCUT2D eigenvalue weighted by molar-refractivity contribution is 9.10. The summed E-state index contributed by atoms with van der Waals surface area (Å²) >= 11 is 3.40. The van der Waals surface area contributed by atoms with Gasteiger partial charge in [-0.1, -0.05) is 46.3 Å². The largest absolute Gasteiger partial charge is 0.494 e. The second kappa shape index (κ2) is 8.93. The zero-order valence-corrected chi connectivity index (χ0v) is 16.0. The Labute approximate surface area is 161 Å². The fraction of sp³-hybridized carbons (Fsp3) is 0.263. The van der Waals surface area contributed by atoms with Crippen LogP contribution in [0.15, 0.2) is 58.1 Å². The highest BCUT2D eigenvalue weighted by atomic mass is 79.9. The second-order valence-corrected chi connectivity index (χ2v) is 6.81. The average molecular weight is 417 g/mol. The van der Waals surface area contributed by atoms with Gasteiger partial charge in [-0.25, -0.2) is 16.3 Å². The number of para-hydroxylation sites is 1. The Kier molecular flexibility index (Phi) is 6.38. The standard InChI is InChI=1S/C19H21BrN4O2/c1-2-26-18-9-4-3-8-15(18)16-11-17(23-22-16)19(25)24-21-12-13-6-5-7-14(20)10-13/h3-10,12,16-17,22-23H,2,11H2,1H3,(H,24,25)/b21-12+. The zero-order valence-electron chi connectivity index (χ0n) is 14.4. The van der Waals surface area contributed by atoms with Crippen LogP contribution in [0.5, 0.6) is 5.75 Å². The van der Waals surface area contributed by atoms with E-state index in [1.54, 1.807) is 6.21 Å². The Morgan fingerprint density at radius 1 is 1.31 bits per heavy atom. The molecule has 0 aromatic heterocycles. The summed E-state index contributed by atoms with van der Waals surface area (Å²) in [5.41, 5.74) is 10.7. The van der Waals surface area contributed by atoms with E-state index in [9.17, 15) is 4.79 Å². The number of nitrogens with zero attached hydrogens (tertiary/aromatic N) is 1. The molecule has 26 heavy (non-hydrogen) atoms. The number of rotatable bonds is 6. The smallest absolute Gasteiger partial charge is 0.258 e. The molecule has 0 bridgehead atoms. The first-order valence-electron chi connectivity index (χ1n) is 8.48. The number of carbonyl (C=O) groups excluding carboxylic acids is 1. The number of halogens is 1. The molecule has 3 rings (SSSR count). The molecule has 1 aliphatic heterocycles. The minimum Gasteiger partial charge on any atom is -0.494 e. The fourth-order valence-electron chi connectivity index (χ4n) is 2.82. The Hall–Kier alpha value is -2.22. The van der Waals surface area contributed by atoms with Crippen LogP contribution in [0.2, 0.25) is 0 Å². The van der Waals surface area contributed by atoms with Crippen LogP contribution in [0.4, 0.5) is 0 Å². The molecular weight excluding hydrogens is 396 g/mol. The third-order valence-electron chi connectivity index (χ3n) is 4.05. The highest BCUT2D eigenvalue weighted by Gasteiger charge is 2.31. The maximum Gasteiger partial charge on any atom is 0.258 e. The van der Waals surface area contributed by atoms with Crippen LogP contribution in [0.25, 0.3) is 0 Å². The minimum absolute atomic E-state index is 0.00237. The molecule has 1 heterocycles. The van der Waals surface area contributed by atoms with E-state index in [0.717, 1.165) is 21.3 Å². The monoisotopic (exact) mass is 416 g/mol. The Morgan fingerprint density at radius 2 is 2.15 bits per heavy atom. The van der Waals surface area contributed by atoms with E-state index in [2.05, 4.69) is 37.3 Å². The maximum absolute atomic E-state index is 12.3. The highest BCUT2D eigenvalue weighted by Crippen LogP contribution is 2.30. The SMILES string of the molecule is CCOc1ccccc1C1CC(C(=O)N/N=C/c2cccc(Br)c2)NN1. The number of ether oxygens (including phenoxy) is 1. The van der Waals surface area contributed by atoms with Crippen molar-refractivity contribution in [2.45, 2.75) is 25.4 Å². The van der Waals surface area contributed by atoms with Gasteiger partial charge in [0.25, 0.3) is 5.91 Å². The van der Waals surface area contributed by atoms with Crippen molar-refractivity contribution in [1.82, 2.24) is 16.3 Å². The first-order valence-corrected chi connectivity index (χ1v) is 9.28. The Bertz CT molecular complexity index is 797. The summed E-state index contributed by atoms with van der Waals surface area (Å²) in [7, 11) is 0. The quantitative estimate of drug-likeness (QED) is 0.499. The van der Waals surface area contributed by atoms with Crippen molar-refractivity contribution < 1.29 is 9.53 Å². The maximum atomic E-state index is 12.3. The van der Waals surface area contributed by atoms with E-state index in [-0.39, 0.29) is 18.0 Å². The van der Waals surface area contributed by atoms with Gasteiger partial charge >= 0.3 is 0 Å². The topological polar surface area (TPSA) is 74.8 Å². The van der Waals surface area contributed by atoms with Crippen LogP contribution in [0.3, 0.4) is 0 Å². The number of hydrazone groups is 1. The summed E-state index contributed by atoms with van der Waals surface area (Å²) in [5.74, 6) is 0.656.